The van der Waals surface area contributed by atoms with Crippen molar-refractivity contribution in [3.63, 3.8) is 0 Å². The Morgan fingerprint density at radius 3 is 2.79 bits per heavy atom. The summed E-state index contributed by atoms with van der Waals surface area (Å²) < 4.78 is 5.26. The van der Waals surface area contributed by atoms with Gasteiger partial charge in [-0.2, -0.15) is 0 Å². The third kappa shape index (κ3) is 2.77. The molecule has 19 heavy (non-hydrogen) atoms. The normalized spacial score (nSPS) is 36.6. The molecule has 106 valence electrons. The molecule has 1 saturated carbocycles. The molecule has 0 amide bonds. The molecule has 2 aliphatic carbocycles. The number of fused-ring (bicyclic) bond motifs is 1. The third-order valence-electron chi connectivity index (χ3n) is 4.68. The molecular formula is C17H26O2. The van der Waals surface area contributed by atoms with E-state index in [0.29, 0.717) is 24.4 Å². The number of allylic oxidation sites excluding steroid dienone is 3. The van der Waals surface area contributed by atoms with Crippen molar-refractivity contribution < 1.29 is 9.53 Å². The van der Waals surface area contributed by atoms with Crippen LogP contribution < -0.4 is 0 Å². The first-order valence-corrected chi connectivity index (χ1v) is 7.63. The summed E-state index contributed by atoms with van der Waals surface area (Å²) in [5, 5.41) is 0. The Kier molecular flexibility index (Phi) is 4.49. The number of carbonyl (C=O) groups excluding carboxylic acids is 1. The zero-order valence-electron chi connectivity index (χ0n) is 12.6. The molecule has 0 N–H and O–H groups in total. The summed E-state index contributed by atoms with van der Waals surface area (Å²) in [7, 11) is 0. The fraction of sp³-hybridized carbons (Fsp3) is 0.706. The molecule has 4 atom stereocenters. The van der Waals surface area contributed by atoms with Crippen molar-refractivity contribution in [2.75, 3.05) is 6.61 Å². The third-order valence-corrected chi connectivity index (χ3v) is 4.68. The zero-order valence-corrected chi connectivity index (χ0v) is 12.6. The van der Waals surface area contributed by atoms with E-state index in [9.17, 15) is 4.79 Å². The summed E-state index contributed by atoms with van der Waals surface area (Å²) in [5.41, 5.74) is 2.66. The number of ether oxygens (including phenoxy) is 1. The van der Waals surface area contributed by atoms with Crippen LogP contribution in [0.1, 0.15) is 47.0 Å². The Balaban J connectivity index is 2.32. The topological polar surface area (TPSA) is 26.3 Å². The van der Waals surface area contributed by atoms with Gasteiger partial charge in [-0.1, -0.05) is 26.0 Å². The highest BCUT2D eigenvalue weighted by molar-refractivity contribution is 5.78. The predicted octanol–water partition coefficient (Wildman–Crippen LogP) is 4.12. The van der Waals surface area contributed by atoms with Crippen molar-refractivity contribution in [1.29, 1.82) is 0 Å². The van der Waals surface area contributed by atoms with E-state index in [2.05, 4.69) is 32.9 Å². The molecule has 1 fully saturated rings. The first kappa shape index (κ1) is 14.4. The Hall–Kier alpha value is -1.05. The molecule has 0 radical (unpaired) electrons. The Labute approximate surface area is 116 Å². The van der Waals surface area contributed by atoms with Crippen molar-refractivity contribution >= 4 is 5.97 Å². The molecule has 0 aromatic carbocycles. The van der Waals surface area contributed by atoms with Gasteiger partial charge in [-0.05, 0) is 62.0 Å². The fourth-order valence-corrected chi connectivity index (χ4v) is 3.71. The van der Waals surface area contributed by atoms with Gasteiger partial charge in [0.05, 0.1) is 12.5 Å². The maximum Gasteiger partial charge on any atom is 0.313 e. The fourth-order valence-electron chi connectivity index (χ4n) is 3.71. The van der Waals surface area contributed by atoms with Gasteiger partial charge in [-0.15, -0.1) is 0 Å². The molecule has 0 heterocycles. The largest absolute Gasteiger partial charge is 0.466 e. The first-order valence-electron chi connectivity index (χ1n) is 7.63. The smallest absolute Gasteiger partial charge is 0.313 e. The molecule has 0 bridgehead atoms. The average molecular weight is 262 g/mol. The highest BCUT2D eigenvalue weighted by atomic mass is 16.5. The van der Waals surface area contributed by atoms with E-state index >= 15 is 0 Å². The van der Waals surface area contributed by atoms with E-state index in [0.717, 1.165) is 6.42 Å². The lowest BCUT2D eigenvalue weighted by Gasteiger charge is -2.41. The molecule has 2 rings (SSSR count). The molecule has 2 nitrogen and oxygen atoms in total. The number of hydrogen-bond acceptors (Lipinski definition) is 2. The van der Waals surface area contributed by atoms with Crippen LogP contribution >= 0.6 is 0 Å². The highest BCUT2D eigenvalue weighted by Crippen LogP contribution is 2.47. The molecule has 0 saturated heterocycles. The van der Waals surface area contributed by atoms with Crippen LogP contribution in [-0.2, 0) is 9.53 Å². The van der Waals surface area contributed by atoms with Crippen LogP contribution in [0.15, 0.2) is 23.3 Å². The summed E-state index contributed by atoms with van der Waals surface area (Å²) in [6, 6.07) is 0. The van der Waals surface area contributed by atoms with Crippen molar-refractivity contribution in [1.82, 2.24) is 0 Å². The quantitative estimate of drug-likeness (QED) is 0.700. The second-order valence-corrected chi connectivity index (χ2v) is 6.04. The summed E-state index contributed by atoms with van der Waals surface area (Å²) in [6.45, 7) is 8.96. The van der Waals surface area contributed by atoms with Crippen LogP contribution in [0, 0.1) is 23.7 Å². The second kappa shape index (κ2) is 5.94. The van der Waals surface area contributed by atoms with Gasteiger partial charge in [0, 0.05) is 0 Å². The van der Waals surface area contributed by atoms with Crippen LogP contribution in [0.2, 0.25) is 0 Å². The SMILES string of the molecule is C/C=C1\C2=C[C@H](C)CC[C@H]2[C@H](C)C[C@@H]1C(=O)OCC. The van der Waals surface area contributed by atoms with E-state index in [1.165, 1.54) is 24.0 Å². The average Bonchev–Trinajstić information content (AvgIpc) is 2.38. The molecule has 0 aromatic heterocycles. The van der Waals surface area contributed by atoms with Crippen LogP contribution in [-0.4, -0.2) is 12.6 Å². The summed E-state index contributed by atoms with van der Waals surface area (Å²) in [4.78, 5) is 12.2. The van der Waals surface area contributed by atoms with Gasteiger partial charge in [0.25, 0.3) is 0 Å². The van der Waals surface area contributed by atoms with Crippen molar-refractivity contribution in [2.24, 2.45) is 23.7 Å². The molecule has 0 aliphatic heterocycles. The number of hydrogen-bond donors (Lipinski definition) is 0. The minimum Gasteiger partial charge on any atom is -0.466 e. The van der Waals surface area contributed by atoms with Gasteiger partial charge in [0.2, 0.25) is 0 Å². The highest BCUT2D eigenvalue weighted by Gasteiger charge is 2.40. The summed E-state index contributed by atoms with van der Waals surface area (Å²) >= 11 is 0. The van der Waals surface area contributed by atoms with E-state index < -0.39 is 0 Å². The first-order chi connectivity index (χ1) is 9.08. The van der Waals surface area contributed by atoms with Gasteiger partial charge in [0.15, 0.2) is 0 Å². The van der Waals surface area contributed by atoms with Crippen LogP contribution in [0.4, 0.5) is 0 Å². The number of rotatable bonds is 2. The molecule has 0 spiro atoms. The lowest BCUT2D eigenvalue weighted by atomic mass is 9.64. The van der Waals surface area contributed by atoms with Gasteiger partial charge >= 0.3 is 5.97 Å². The lowest BCUT2D eigenvalue weighted by molar-refractivity contribution is -0.147. The van der Waals surface area contributed by atoms with Gasteiger partial charge < -0.3 is 4.74 Å². The standard InChI is InChI=1S/C17H26O2/c1-5-13-15-9-11(3)7-8-14(15)12(4)10-16(13)17(18)19-6-2/h5,9,11-12,14,16H,6-8,10H2,1-4H3/b13-5+/t11-,12-,14+,16+/m1/s1. The predicted molar refractivity (Wildman–Crippen MR) is 77.6 cm³/mol. The van der Waals surface area contributed by atoms with E-state index in [-0.39, 0.29) is 11.9 Å². The van der Waals surface area contributed by atoms with Gasteiger partial charge in [-0.3, -0.25) is 4.79 Å². The van der Waals surface area contributed by atoms with E-state index in [1.54, 1.807) is 0 Å². The summed E-state index contributed by atoms with van der Waals surface area (Å²) in [5.74, 6) is 1.77. The Bertz CT molecular complexity index is 405. The number of esters is 1. The monoisotopic (exact) mass is 262 g/mol. The van der Waals surface area contributed by atoms with Crippen molar-refractivity contribution in [3.8, 4) is 0 Å². The maximum absolute atomic E-state index is 12.2. The van der Waals surface area contributed by atoms with Crippen molar-refractivity contribution in [3.05, 3.63) is 23.3 Å². The molecule has 2 aliphatic rings. The van der Waals surface area contributed by atoms with Gasteiger partial charge in [0.1, 0.15) is 0 Å². The second-order valence-electron chi connectivity index (χ2n) is 6.04. The zero-order chi connectivity index (χ0) is 14.0. The van der Waals surface area contributed by atoms with E-state index in [4.69, 9.17) is 4.74 Å². The van der Waals surface area contributed by atoms with Crippen LogP contribution in [0.25, 0.3) is 0 Å². The lowest BCUT2D eigenvalue weighted by Crippen LogP contribution is -2.34. The Morgan fingerprint density at radius 1 is 1.42 bits per heavy atom. The minimum absolute atomic E-state index is 0.0416. The maximum atomic E-state index is 12.2. The van der Waals surface area contributed by atoms with Crippen molar-refractivity contribution in [2.45, 2.75) is 47.0 Å². The Morgan fingerprint density at radius 2 is 2.16 bits per heavy atom. The summed E-state index contributed by atoms with van der Waals surface area (Å²) in [6.07, 6.45) is 8.01. The number of carbonyl (C=O) groups is 1. The van der Waals surface area contributed by atoms with Crippen LogP contribution in [0.3, 0.4) is 0 Å². The van der Waals surface area contributed by atoms with Crippen LogP contribution in [0.5, 0.6) is 0 Å². The molecule has 2 heteroatoms. The van der Waals surface area contributed by atoms with E-state index in [1.807, 2.05) is 6.92 Å². The molecule has 0 aromatic rings. The minimum atomic E-state index is -0.0484. The molecule has 0 unspecified atom stereocenters. The van der Waals surface area contributed by atoms with Gasteiger partial charge in [-0.25, -0.2) is 0 Å². The molecular weight excluding hydrogens is 236 g/mol.